The number of amides is 1. The van der Waals surface area contributed by atoms with E-state index in [9.17, 15) is 4.79 Å². The number of hydrogen-bond donors (Lipinski definition) is 1. The molecule has 1 N–H and O–H groups in total. The maximum Gasteiger partial charge on any atom is 0.255 e. The first-order valence-electron chi connectivity index (χ1n) is 6.55. The molecule has 0 spiro atoms. The number of hydrogen-bond acceptors (Lipinski definition) is 2. The van der Waals surface area contributed by atoms with Gasteiger partial charge in [0.1, 0.15) is 11.8 Å². The highest BCUT2D eigenvalue weighted by atomic mass is 79.9. The Balaban J connectivity index is 1.71. The van der Waals surface area contributed by atoms with Crippen molar-refractivity contribution in [1.82, 2.24) is 5.32 Å². The molecule has 1 aromatic carbocycles. The highest BCUT2D eigenvalue weighted by molar-refractivity contribution is 9.09. The molecule has 0 radical (unpaired) electrons. The molecule has 100 valence electrons. The van der Waals surface area contributed by atoms with Crippen molar-refractivity contribution >= 4 is 32.8 Å². The Morgan fingerprint density at radius 3 is 2.89 bits per heavy atom. The molecule has 1 aromatic heterocycles. The second-order valence-electron chi connectivity index (χ2n) is 5.27. The fourth-order valence-corrected chi connectivity index (χ4v) is 3.25. The average molecular weight is 322 g/mol. The number of nitrogens with one attached hydrogen (secondary N) is 1. The number of furan rings is 1. The zero-order chi connectivity index (χ0) is 13.3. The van der Waals surface area contributed by atoms with Gasteiger partial charge in [0.15, 0.2) is 0 Å². The highest BCUT2D eigenvalue weighted by Gasteiger charge is 2.41. The fourth-order valence-electron chi connectivity index (χ4n) is 2.41. The number of carbonyl (C=O) groups is 1. The second kappa shape index (κ2) is 5.00. The number of alkyl halides is 1. The molecule has 2 aromatic rings. The van der Waals surface area contributed by atoms with Gasteiger partial charge >= 0.3 is 0 Å². The minimum Gasteiger partial charge on any atom is -0.463 e. The standard InChI is InChI=1S/C15H16BrNO2/c16-8-7-15(5-6-15)10-17-14(18)12-9-19-13-4-2-1-3-11(12)13/h1-4,9H,5-8,10H2,(H,17,18). The molecule has 3 nitrogen and oxygen atoms in total. The smallest absolute Gasteiger partial charge is 0.255 e. The number of halogens is 1. The lowest BCUT2D eigenvalue weighted by atomic mass is 10.0. The monoisotopic (exact) mass is 321 g/mol. The van der Waals surface area contributed by atoms with Crippen LogP contribution in [0.5, 0.6) is 0 Å². The van der Waals surface area contributed by atoms with Gasteiger partial charge in [-0.25, -0.2) is 0 Å². The molecular formula is C15H16BrNO2. The second-order valence-corrected chi connectivity index (χ2v) is 6.06. The maximum atomic E-state index is 12.2. The number of rotatable bonds is 5. The summed E-state index contributed by atoms with van der Waals surface area (Å²) >= 11 is 3.48. The van der Waals surface area contributed by atoms with Gasteiger partial charge in [0.2, 0.25) is 0 Å². The van der Waals surface area contributed by atoms with Gasteiger partial charge in [-0.1, -0.05) is 34.1 Å². The van der Waals surface area contributed by atoms with Crippen LogP contribution in [0.4, 0.5) is 0 Å². The van der Waals surface area contributed by atoms with Crippen LogP contribution in [0.1, 0.15) is 29.6 Å². The fraction of sp³-hybridized carbons (Fsp3) is 0.400. The van der Waals surface area contributed by atoms with Gasteiger partial charge in [0.25, 0.3) is 5.91 Å². The van der Waals surface area contributed by atoms with Crippen molar-refractivity contribution in [2.45, 2.75) is 19.3 Å². The third-order valence-electron chi connectivity index (χ3n) is 3.93. The summed E-state index contributed by atoms with van der Waals surface area (Å²) in [6.45, 7) is 0.761. The molecule has 1 heterocycles. The van der Waals surface area contributed by atoms with Gasteiger partial charge < -0.3 is 9.73 Å². The van der Waals surface area contributed by atoms with E-state index in [1.165, 1.54) is 12.8 Å². The molecule has 1 aliphatic carbocycles. The van der Waals surface area contributed by atoms with E-state index in [4.69, 9.17) is 4.42 Å². The van der Waals surface area contributed by atoms with Gasteiger partial charge in [-0.05, 0) is 30.7 Å². The molecule has 19 heavy (non-hydrogen) atoms. The summed E-state index contributed by atoms with van der Waals surface area (Å²) < 4.78 is 5.40. The normalized spacial score (nSPS) is 16.5. The van der Waals surface area contributed by atoms with Gasteiger partial charge in [-0.3, -0.25) is 4.79 Å². The molecule has 0 bridgehead atoms. The SMILES string of the molecule is O=C(NCC1(CCBr)CC1)c1coc2ccccc12. The number of benzene rings is 1. The molecule has 0 unspecified atom stereocenters. The summed E-state index contributed by atoms with van der Waals surface area (Å²) in [6.07, 6.45) is 5.10. The van der Waals surface area contributed by atoms with E-state index in [0.717, 1.165) is 29.3 Å². The molecule has 3 rings (SSSR count). The van der Waals surface area contributed by atoms with Crippen LogP contribution in [0.3, 0.4) is 0 Å². The van der Waals surface area contributed by atoms with Crippen LogP contribution < -0.4 is 5.32 Å². The van der Waals surface area contributed by atoms with Gasteiger partial charge in [-0.2, -0.15) is 0 Å². The predicted octanol–water partition coefficient (Wildman–Crippen LogP) is 3.73. The van der Waals surface area contributed by atoms with Gasteiger partial charge in [0, 0.05) is 17.3 Å². The van der Waals surface area contributed by atoms with Crippen LogP contribution in [-0.4, -0.2) is 17.8 Å². The molecule has 1 saturated carbocycles. The summed E-state index contributed by atoms with van der Waals surface area (Å²) in [5.74, 6) is -0.0363. The summed E-state index contributed by atoms with van der Waals surface area (Å²) in [4.78, 5) is 12.2. The van der Waals surface area contributed by atoms with Crippen molar-refractivity contribution in [3.63, 3.8) is 0 Å². The minimum absolute atomic E-state index is 0.0363. The first-order chi connectivity index (χ1) is 9.24. The predicted molar refractivity (Wildman–Crippen MR) is 78.6 cm³/mol. The Hall–Kier alpha value is -1.29. The van der Waals surface area contributed by atoms with Gasteiger partial charge in [0.05, 0.1) is 5.56 Å². The van der Waals surface area contributed by atoms with Crippen molar-refractivity contribution in [2.75, 3.05) is 11.9 Å². The van der Waals surface area contributed by atoms with Crippen molar-refractivity contribution in [3.05, 3.63) is 36.1 Å². The van der Waals surface area contributed by atoms with Crippen molar-refractivity contribution < 1.29 is 9.21 Å². The topological polar surface area (TPSA) is 42.2 Å². The molecular weight excluding hydrogens is 306 g/mol. The third kappa shape index (κ3) is 2.54. The lowest BCUT2D eigenvalue weighted by molar-refractivity contribution is 0.0945. The molecule has 0 atom stereocenters. The summed E-state index contributed by atoms with van der Waals surface area (Å²) in [7, 11) is 0. The quantitative estimate of drug-likeness (QED) is 0.853. The molecule has 1 fully saturated rings. The molecule has 0 saturated heterocycles. The Morgan fingerprint density at radius 2 is 2.16 bits per heavy atom. The Bertz CT molecular complexity index is 601. The Labute approximate surface area is 120 Å². The first-order valence-corrected chi connectivity index (χ1v) is 7.67. The molecule has 1 amide bonds. The van der Waals surface area contributed by atoms with E-state index in [1.54, 1.807) is 6.26 Å². The van der Waals surface area contributed by atoms with E-state index >= 15 is 0 Å². The molecule has 0 aliphatic heterocycles. The van der Waals surface area contributed by atoms with E-state index < -0.39 is 0 Å². The van der Waals surface area contributed by atoms with Crippen LogP contribution in [0.2, 0.25) is 0 Å². The van der Waals surface area contributed by atoms with Crippen molar-refractivity contribution in [3.8, 4) is 0 Å². The van der Waals surface area contributed by atoms with Crippen LogP contribution in [-0.2, 0) is 0 Å². The average Bonchev–Trinajstić information content (AvgIpc) is 3.05. The first kappa shape index (κ1) is 12.7. The number of para-hydroxylation sites is 1. The zero-order valence-electron chi connectivity index (χ0n) is 10.6. The lowest BCUT2D eigenvalue weighted by Crippen LogP contribution is -2.30. The van der Waals surface area contributed by atoms with Crippen LogP contribution in [0.15, 0.2) is 34.9 Å². The van der Waals surface area contributed by atoms with Crippen LogP contribution in [0.25, 0.3) is 11.0 Å². The lowest BCUT2D eigenvalue weighted by Gasteiger charge is -2.13. The Kier molecular flexibility index (Phi) is 3.35. The van der Waals surface area contributed by atoms with Crippen molar-refractivity contribution in [1.29, 1.82) is 0 Å². The molecule has 4 heteroatoms. The summed E-state index contributed by atoms with van der Waals surface area (Å²) in [6, 6.07) is 7.61. The Morgan fingerprint density at radius 1 is 1.37 bits per heavy atom. The third-order valence-corrected chi connectivity index (χ3v) is 4.33. The van der Waals surface area contributed by atoms with E-state index in [-0.39, 0.29) is 5.91 Å². The van der Waals surface area contributed by atoms with Crippen LogP contribution in [0, 0.1) is 5.41 Å². The number of carbonyl (C=O) groups excluding carboxylic acids is 1. The van der Waals surface area contributed by atoms with Crippen LogP contribution >= 0.6 is 15.9 Å². The van der Waals surface area contributed by atoms with Gasteiger partial charge in [-0.15, -0.1) is 0 Å². The summed E-state index contributed by atoms with van der Waals surface area (Å²) in [5, 5.41) is 4.92. The minimum atomic E-state index is -0.0363. The number of fused-ring (bicyclic) bond motifs is 1. The van der Waals surface area contributed by atoms with Crippen molar-refractivity contribution in [2.24, 2.45) is 5.41 Å². The highest BCUT2D eigenvalue weighted by Crippen LogP contribution is 2.48. The maximum absolute atomic E-state index is 12.2. The zero-order valence-corrected chi connectivity index (χ0v) is 12.2. The largest absolute Gasteiger partial charge is 0.463 e. The van der Waals surface area contributed by atoms with E-state index in [0.29, 0.717) is 11.0 Å². The molecule has 1 aliphatic rings. The van der Waals surface area contributed by atoms with E-state index in [2.05, 4.69) is 21.2 Å². The summed E-state index contributed by atoms with van der Waals surface area (Å²) in [5.41, 5.74) is 1.72. The van der Waals surface area contributed by atoms with E-state index in [1.807, 2.05) is 24.3 Å².